The molecule has 1 aromatic carbocycles. The lowest BCUT2D eigenvalue weighted by atomic mass is 10.1. The molecule has 1 atom stereocenters. The summed E-state index contributed by atoms with van der Waals surface area (Å²) in [5, 5.41) is 4.12. The van der Waals surface area contributed by atoms with Gasteiger partial charge in [-0.05, 0) is 27.9 Å². The molecule has 0 spiro atoms. The number of aromatic nitrogens is 3. The number of aryl methyl sites for hydroxylation is 1. The Morgan fingerprint density at radius 1 is 1.38 bits per heavy atom. The molecule has 0 aliphatic rings. The second kappa shape index (κ2) is 4.76. The van der Waals surface area contributed by atoms with Crippen LogP contribution >= 0.6 is 15.9 Å². The van der Waals surface area contributed by atoms with E-state index in [-0.39, 0.29) is 6.04 Å². The molecule has 4 nitrogen and oxygen atoms in total. The van der Waals surface area contributed by atoms with E-state index in [9.17, 15) is 0 Å². The van der Waals surface area contributed by atoms with Crippen molar-refractivity contribution in [2.45, 2.75) is 12.5 Å². The largest absolute Gasteiger partial charge is 0.321 e. The molecule has 0 saturated heterocycles. The highest BCUT2D eigenvalue weighted by molar-refractivity contribution is 9.10. The van der Waals surface area contributed by atoms with Crippen molar-refractivity contribution in [2.24, 2.45) is 12.8 Å². The number of benzene rings is 1. The fourth-order valence-corrected chi connectivity index (χ4v) is 2.07. The quantitative estimate of drug-likeness (QED) is 0.933. The van der Waals surface area contributed by atoms with Crippen LogP contribution in [0.25, 0.3) is 0 Å². The molecule has 0 radical (unpaired) electrons. The van der Waals surface area contributed by atoms with Crippen molar-refractivity contribution >= 4 is 15.9 Å². The van der Waals surface area contributed by atoms with Crippen molar-refractivity contribution < 1.29 is 0 Å². The maximum absolute atomic E-state index is 6.10. The monoisotopic (exact) mass is 280 g/mol. The third-order valence-electron chi connectivity index (χ3n) is 2.40. The second-order valence-electron chi connectivity index (χ2n) is 3.66. The fourth-order valence-electron chi connectivity index (χ4n) is 1.65. The first kappa shape index (κ1) is 11.3. The van der Waals surface area contributed by atoms with Crippen LogP contribution in [0.2, 0.25) is 0 Å². The summed E-state index contributed by atoms with van der Waals surface area (Å²) in [7, 11) is 1.85. The highest BCUT2D eigenvalue weighted by Crippen LogP contribution is 2.15. The standard InChI is InChI=1S/C11H13BrN4/c1-16-10(14-11(12)15-16)9(13)7-8-5-3-2-4-6-8/h2-6,9H,7,13H2,1H3. The van der Waals surface area contributed by atoms with Crippen LogP contribution in [0.1, 0.15) is 17.4 Å². The van der Waals surface area contributed by atoms with Crippen LogP contribution in [-0.4, -0.2) is 14.8 Å². The summed E-state index contributed by atoms with van der Waals surface area (Å²) in [4.78, 5) is 4.25. The van der Waals surface area contributed by atoms with E-state index in [1.807, 2.05) is 25.2 Å². The van der Waals surface area contributed by atoms with Crippen molar-refractivity contribution in [1.29, 1.82) is 0 Å². The van der Waals surface area contributed by atoms with E-state index in [1.54, 1.807) is 4.68 Å². The molecular weight excluding hydrogens is 268 g/mol. The van der Waals surface area contributed by atoms with Gasteiger partial charge in [-0.1, -0.05) is 30.3 Å². The van der Waals surface area contributed by atoms with Crippen LogP contribution in [0.4, 0.5) is 0 Å². The normalized spacial score (nSPS) is 12.7. The molecule has 1 aromatic heterocycles. The van der Waals surface area contributed by atoms with Gasteiger partial charge < -0.3 is 5.73 Å². The first-order valence-corrected chi connectivity index (χ1v) is 5.82. The summed E-state index contributed by atoms with van der Waals surface area (Å²) in [6.45, 7) is 0. The van der Waals surface area contributed by atoms with Crippen LogP contribution < -0.4 is 5.73 Å². The molecule has 0 amide bonds. The van der Waals surface area contributed by atoms with E-state index in [2.05, 4.69) is 38.1 Å². The predicted octanol–water partition coefficient (Wildman–Crippen LogP) is 1.82. The maximum Gasteiger partial charge on any atom is 0.217 e. The Morgan fingerprint density at radius 3 is 2.62 bits per heavy atom. The highest BCUT2D eigenvalue weighted by Gasteiger charge is 2.14. The van der Waals surface area contributed by atoms with Crippen molar-refractivity contribution in [3.8, 4) is 0 Å². The van der Waals surface area contributed by atoms with E-state index >= 15 is 0 Å². The minimum atomic E-state index is -0.133. The van der Waals surface area contributed by atoms with Gasteiger partial charge in [0.05, 0.1) is 6.04 Å². The summed E-state index contributed by atoms with van der Waals surface area (Å²) in [5.74, 6) is 0.788. The smallest absolute Gasteiger partial charge is 0.217 e. The molecule has 2 aromatic rings. The molecule has 0 aliphatic heterocycles. The number of rotatable bonds is 3. The Hall–Kier alpha value is -1.20. The zero-order valence-electron chi connectivity index (χ0n) is 8.97. The Bertz CT molecular complexity index is 466. The minimum absolute atomic E-state index is 0.133. The molecular formula is C11H13BrN4. The lowest BCUT2D eigenvalue weighted by molar-refractivity contribution is 0.601. The Balaban J connectivity index is 2.14. The van der Waals surface area contributed by atoms with E-state index in [1.165, 1.54) is 5.56 Å². The van der Waals surface area contributed by atoms with Crippen LogP contribution in [0.5, 0.6) is 0 Å². The van der Waals surface area contributed by atoms with Gasteiger partial charge >= 0.3 is 0 Å². The predicted molar refractivity (Wildman–Crippen MR) is 65.8 cm³/mol. The molecule has 84 valence electrons. The Kier molecular flexibility index (Phi) is 3.36. The summed E-state index contributed by atoms with van der Waals surface area (Å²) in [6, 6.07) is 10.00. The van der Waals surface area contributed by atoms with Gasteiger partial charge in [-0.25, -0.2) is 4.98 Å². The van der Waals surface area contributed by atoms with Gasteiger partial charge in [0.15, 0.2) is 0 Å². The van der Waals surface area contributed by atoms with E-state index < -0.39 is 0 Å². The van der Waals surface area contributed by atoms with Gasteiger partial charge in [0.1, 0.15) is 5.82 Å². The van der Waals surface area contributed by atoms with Crippen molar-refractivity contribution in [3.05, 3.63) is 46.5 Å². The Morgan fingerprint density at radius 2 is 2.06 bits per heavy atom. The molecule has 1 unspecified atom stereocenters. The SMILES string of the molecule is Cn1nc(Br)nc1C(N)Cc1ccccc1. The van der Waals surface area contributed by atoms with Crippen LogP contribution in [-0.2, 0) is 13.5 Å². The van der Waals surface area contributed by atoms with Crippen molar-refractivity contribution in [3.63, 3.8) is 0 Å². The van der Waals surface area contributed by atoms with Gasteiger partial charge in [0.25, 0.3) is 0 Å². The van der Waals surface area contributed by atoms with Gasteiger partial charge in [0.2, 0.25) is 4.73 Å². The van der Waals surface area contributed by atoms with E-state index in [0.29, 0.717) is 4.73 Å². The average Bonchev–Trinajstić information content (AvgIpc) is 2.59. The number of halogens is 1. The zero-order valence-corrected chi connectivity index (χ0v) is 10.6. The lowest BCUT2D eigenvalue weighted by Gasteiger charge is -2.10. The first-order valence-electron chi connectivity index (χ1n) is 5.03. The molecule has 2 N–H and O–H groups in total. The minimum Gasteiger partial charge on any atom is -0.321 e. The van der Waals surface area contributed by atoms with Gasteiger partial charge in [-0.3, -0.25) is 4.68 Å². The molecule has 16 heavy (non-hydrogen) atoms. The maximum atomic E-state index is 6.10. The van der Waals surface area contributed by atoms with Crippen molar-refractivity contribution in [1.82, 2.24) is 14.8 Å². The van der Waals surface area contributed by atoms with Crippen molar-refractivity contribution in [2.75, 3.05) is 0 Å². The van der Waals surface area contributed by atoms with Gasteiger partial charge in [-0.15, -0.1) is 5.10 Å². The molecule has 5 heteroatoms. The van der Waals surface area contributed by atoms with Gasteiger partial charge in [0, 0.05) is 7.05 Å². The third-order valence-corrected chi connectivity index (χ3v) is 2.74. The molecule has 1 heterocycles. The fraction of sp³-hybridized carbons (Fsp3) is 0.273. The third kappa shape index (κ3) is 2.48. The first-order chi connectivity index (χ1) is 7.66. The second-order valence-corrected chi connectivity index (χ2v) is 4.37. The summed E-state index contributed by atoms with van der Waals surface area (Å²) < 4.78 is 2.28. The molecule has 0 fully saturated rings. The van der Waals surface area contributed by atoms with Crippen LogP contribution in [0, 0.1) is 0 Å². The Labute approximate surface area is 103 Å². The van der Waals surface area contributed by atoms with Crippen LogP contribution in [0.15, 0.2) is 35.1 Å². The van der Waals surface area contributed by atoms with E-state index in [0.717, 1.165) is 12.2 Å². The molecule has 0 saturated carbocycles. The number of hydrogen-bond acceptors (Lipinski definition) is 3. The topological polar surface area (TPSA) is 56.7 Å². The number of nitrogens with two attached hydrogens (primary N) is 1. The highest BCUT2D eigenvalue weighted by atomic mass is 79.9. The lowest BCUT2D eigenvalue weighted by Crippen LogP contribution is -2.18. The summed E-state index contributed by atoms with van der Waals surface area (Å²) in [5.41, 5.74) is 7.30. The average molecular weight is 281 g/mol. The zero-order chi connectivity index (χ0) is 11.5. The van der Waals surface area contributed by atoms with Crippen LogP contribution in [0.3, 0.4) is 0 Å². The summed E-state index contributed by atoms with van der Waals surface area (Å²) >= 11 is 3.24. The van der Waals surface area contributed by atoms with Gasteiger partial charge in [-0.2, -0.15) is 0 Å². The number of nitrogens with zero attached hydrogens (tertiary/aromatic N) is 3. The molecule has 0 aliphatic carbocycles. The molecule has 2 rings (SSSR count). The van der Waals surface area contributed by atoms with E-state index in [4.69, 9.17) is 5.73 Å². The molecule has 0 bridgehead atoms. The summed E-state index contributed by atoms with van der Waals surface area (Å²) in [6.07, 6.45) is 0.764. The number of hydrogen-bond donors (Lipinski definition) is 1.